The van der Waals surface area contributed by atoms with Gasteiger partial charge in [-0.2, -0.15) is 0 Å². The second-order valence-electron chi connectivity index (χ2n) is 4.81. The van der Waals surface area contributed by atoms with Gasteiger partial charge in [0.05, 0.1) is 12.0 Å². The molecule has 0 radical (unpaired) electrons. The molecule has 0 saturated heterocycles. The van der Waals surface area contributed by atoms with Gasteiger partial charge >= 0.3 is 0 Å². The molecular weight excluding hydrogens is 200 g/mol. The average molecular weight is 224 g/mol. The molecule has 0 saturated carbocycles. The summed E-state index contributed by atoms with van der Waals surface area (Å²) in [4.78, 5) is 6.68. The Balaban J connectivity index is 2.34. The van der Waals surface area contributed by atoms with Gasteiger partial charge < -0.3 is 15.2 Å². The summed E-state index contributed by atoms with van der Waals surface area (Å²) < 4.78 is 2.05. The Morgan fingerprint density at radius 2 is 2.25 bits per heavy atom. The predicted octanol–water partition coefficient (Wildman–Crippen LogP) is 1.32. The van der Waals surface area contributed by atoms with Crippen molar-refractivity contribution in [3.8, 4) is 0 Å². The van der Waals surface area contributed by atoms with Crippen LogP contribution in [0.3, 0.4) is 0 Å². The lowest BCUT2D eigenvalue weighted by molar-refractivity contribution is 0.300. The van der Waals surface area contributed by atoms with E-state index in [1.54, 1.807) is 0 Å². The molecule has 0 spiro atoms. The second kappa shape index (κ2) is 6.66. The summed E-state index contributed by atoms with van der Waals surface area (Å²) in [6.45, 7) is 8.07. The van der Waals surface area contributed by atoms with E-state index in [-0.39, 0.29) is 0 Å². The molecule has 0 aliphatic rings. The molecule has 4 nitrogen and oxygen atoms in total. The van der Waals surface area contributed by atoms with Crippen LogP contribution < -0.4 is 5.73 Å². The number of nitrogens with two attached hydrogens (primary N) is 1. The molecule has 0 aliphatic heterocycles. The quantitative estimate of drug-likeness (QED) is 0.760. The molecule has 0 fully saturated rings. The minimum Gasteiger partial charge on any atom is -0.336 e. The molecule has 0 aliphatic carbocycles. The highest BCUT2D eigenvalue weighted by molar-refractivity contribution is 4.96. The first kappa shape index (κ1) is 13.2. The van der Waals surface area contributed by atoms with Gasteiger partial charge in [-0.3, -0.25) is 0 Å². The minimum absolute atomic E-state index is 0.666. The first-order chi connectivity index (χ1) is 7.61. The van der Waals surface area contributed by atoms with Gasteiger partial charge in [-0.05, 0) is 25.9 Å². The Morgan fingerprint density at radius 3 is 2.88 bits per heavy atom. The van der Waals surface area contributed by atoms with Gasteiger partial charge in [0, 0.05) is 25.8 Å². The van der Waals surface area contributed by atoms with Crippen LogP contribution in [0.2, 0.25) is 0 Å². The molecule has 0 aromatic carbocycles. The van der Waals surface area contributed by atoms with Crippen LogP contribution in [0.4, 0.5) is 0 Å². The standard InChI is InChI=1S/C12H24N4/c1-11(2)4-6-15(3)8-12-9-16(7-5-13)10-14-12/h9-11H,4-8,13H2,1-3H3. The monoisotopic (exact) mass is 224 g/mol. The van der Waals surface area contributed by atoms with Crippen molar-refractivity contribution in [2.75, 3.05) is 20.1 Å². The topological polar surface area (TPSA) is 47.1 Å². The van der Waals surface area contributed by atoms with Crippen LogP contribution in [0.25, 0.3) is 0 Å². The van der Waals surface area contributed by atoms with E-state index in [4.69, 9.17) is 5.73 Å². The van der Waals surface area contributed by atoms with Gasteiger partial charge in [0.15, 0.2) is 0 Å². The van der Waals surface area contributed by atoms with Gasteiger partial charge in [-0.1, -0.05) is 13.8 Å². The van der Waals surface area contributed by atoms with Crippen LogP contribution >= 0.6 is 0 Å². The highest BCUT2D eigenvalue weighted by Gasteiger charge is 2.04. The Bertz CT molecular complexity index is 293. The fourth-order valence-corrected chi connectivity index (χ4v) is 1.59. The normalized spacial score (nSPS) is 11.6. The molecule has 0 atom stereocenters. The van der Waals surface area contributed by atoms with E-state index >= 15 is 0 Å². The van der Waals surface area contributed by atoms with Gasteiger partial charge in [0.2, 0.25) is 0 Å². The zero-order valence-electron chi connectivity index (χ0n) is 10.7. The van der Waals surface area contributed by atoms with Crippen LogP contribution in [0.5, 0.6) is 0 Å². The van der Waals surface area contributed by atoms with Crippen molar-refractivity contribution in [2.24, 2.45) is 11.7 Å². The maximum Gasteiger partial charge on any atom is 0.0950 e. The first-order valence-electron chi connectivity index (χ1n) is 6.01. The summed E-state index contributed by atoms with van der Waals surface area (Å²) in [5, 5.41) is 0. The van der Waals surface area contributed by atoms with Gasteiger partial charge in [-0.15, -0.1) is 0 Å². The molecule has 0 amide bonds. The minimum atomic E-state index is 0.666. The molecular formula is C12H24N4. The molecule has 16 heavy (non-hydrogen) atoms. The van der Waals surface area contributed by atoms with Crippen molar-refractivity contribution in [1.29, 1.82) is 0 Å². The summed E-state index contributed by atoms with van der Waals surface area (Å²) in [6, 6.07) is 0. The number of imidazole rings is 1. The maximum atomic E-state index is 5.49. The predicted molar refractivity (Wildman–Crippen MR) is 67.1 cm³/mol. The Morgan fingerprint density at radius 1 is 1.50 bits per heavy atom. The number of hydrogen-bond acceptors (Lipinski definition) is 3. The van der Waals surface area contributed by atoms with Crippen LogP contribution in [-0.2, 0) is 13.1 Å². The summed E-state index contributed by atoms with van der Waals surface area (Å²) >= 11 is 0. The lowest BCUT2D eigenvalue weighted by atomic mass is 10.1. The third-order valence-electron chi connectivity index (χ3n) is 2.59. The van der Waals surface area contributed by atoms with Gasteiger partial charge in [0.25, 0.3) is 0 Å². The van der Waals surface area contributed by atoms with Crippen molar-refractivity contribution in [2.45, 2.75) is 33.4 Å². The highest BCUT2D eigenvalue weighted by Crippen LogP contribution is 2.04. The molecule has 1 aromatic heterocycles. The molecule has 0 unspecified atom stereocenters. The molecule has 1 rings (SSSR count). The third kappa shape index (κ3) is 4.77. The van der Waals surface area contributed by atoms with Crippen LogP contribution in [0.1, 0.15) is 26.0 Å². The summed E-state index contributed by atoms with van der Waals surface area (Å²) in [7, 11) is 2.14. The van der Waals surface area contributed by atoms with Crippen LogP contribution in [0, 0.1) is 5.92 Å². The molecule has 1 aromatic rings. The van der Waals surface area contributed by atoms with E-state index in [1.165, 1.54) is 6.42 Å². The summed E-state index contributed by atoms with van der Waals surface area (Å²) in [5.74, 6) is 0.761. The van der Waals surface area contributed by atoms with Crippen LogP contribution in [-0.4, -0.2) is 34.6 Å². The van der Waals surface area contributed by atoms with Crippen molar-refractivity contribution < 1.29 is 0 Å². The van der Waals surface area contributed by atoms with Gasteiger partial charge in [0.1, 0.15) is 0 Å². The number of nitrogens with zero attached hydrogens (tertiary/aromatic N) is 3. The SMILES string of the molecule is CC(C)CCN(C)Cc1cn(CCN)cn1. The zero-order valence-corrected chi connectivity index (χ0v) is 10.7. The zero-order chi connectivity index (χ0) is 12.0. The lowest BCUT2D eigenvalue weighted by Gasteiger charge is -2.16. The maximum absolute atomic E-state index is 5.49. The fraction of sp³-hybridized carbons (Fsp3) is 0.750. The van der Waals surface area contributed by atoms with Crippen molar-refractivity contribution >= 4 is 0 Å². The van der Waals surface area contributed by atoms with Crippen molar-refractivity contribution in [3.63, 3.8) is 0 Å². The largest absolute Gasteiger partial charge is 0.336 e. The molecule has 1 heterocycles. The Hall–Kier alpha value is -0.870. The lowest BCUT2D eigenvalue weighted by Crippen LogP contribution is -2.20. The van der Waals surface area contributed by atoms with E-state index in [2.05, 4.69) is 37.0 Å². The van der Waals surface area contributed by atoms with E-state index in [0.29, 0.717) is 6.54 Å². The Kier molecular flexibility index (Phi) is 5.49. The number of aromatic nitrogens is 2. The van der Waals surface area contributed by atoms with Crippen LogP contribution in [0.15, 0.2) is 12.5 Å². The fourth-order valence-electron chi connectivity index (χ4n) is 1.59. The van der Waals surface area contributed by atoms with E-state index in [1.807, 2.05) is 10.9 Å². The third-order valence-corrected chi connectivity index (χ3v) is 2.59. The van der Waals surface area contributed by atoms with Crippen molar-refractivity contribution in [3.05, 3.63) is 18.2 Å². The molecule has 0 bridgehead atoms. The summed E-state index contributed by atoms with van der Waals surface area (Å²) in [6.07, 6.45) is 5.18. The molecule has 4 heteroatoms. The second-order valence-corrected chi connectivity index (χ2v) is 4.81. The van der Waals surface area contributed by atoms with Crippen molar-refractivity contribution in [1.82, 2.24) is 14.5 Å². The first-order valence-corrected chi connectivity index (χ1v) is 6.01. The number of rotatable bonds is 7. The van der Waals surface area contributed by atoms with E-state index < -0.39 is 0 Å². The smallest absolute Gasteiger partial charge is 0.0950 e. The summed E-state index contributed by atoms with van der Waals surface area (Å²) in [5.41, 5.74) is 6.62. The highest BCUT2D eigenvalue weighted by atomic mass is 15.1. The number of hydrogen-bond donors (Lipinski definition) is 1. The molecule has 2 N–H and O–H groups in total. The van der Waals surface area contributed by atoms with E-state index in [9.17, 15) is 0 Å². The van der Waals surface area contributed by atoms with E-state index in [0.717, 1.165) is 31.2 Å². The Labute approximate surface area is 98.5 Å². The van der Waals surface area contributed by atoms with Gasteiger partial charge in [-0.25, -0.2) is 4.98 Å². The average Bonchev–Trinajstić information content (AvgIpc) is 2.63. The molecule has 92 valence electrons.